The fourth-order valence-electron chi connectivity index (χ4n) is 1.29. The van der Waals surface area contributed by atoms with Crippen molar-refractivity contribution in [3.05, 3.63) is 39.9 Å². The van der Waals surface area contributed by atoms with E-state index in [-0.39, 0.29) is 12.1 Å². The molecule has 2 N–H and O–H groups in total. The molecule has 0 radical (unpaired) electrons. The topological polar surface area (TPSA) is 95.5 Å². The number of ether oxygens (including phenoxy) is 1. The van der Waals surface area contributed by atoms with Gasteiger partial charge in [0.1, 0.15) is 6.04 Å². The number of hydrogen-bond donors (Lipinski definition) is 1. The van der Waals surface area contributed by atoms with Crippen LogP contribution < -0.4 is 5.73 Å². The second-order valence-corrected chi connectivity index (χ2v) is 3.26. The Labute approximate surface area is 92.2 Å². The van der Waals surface area contributed by atoms with Gasteiger partial charge < -0.3 is 10.5 Å². The van der Waals surface area contributed by atoms with Crippen molar-refractivity contribution < 1.29 is 14.5 Å². The van der Waals surface area contributed by atoms with Gasteiger partial charge >= 0.3 is 5.97 Å². The minimum absolute atomic E-state index is 0.0189. The normalized spacial score (nSPS) is 11.9. The van der Waals surface area contributed by atoms with Crippen molar-refractivity contribution in [1.29, 1.82) is 0 Å². The number of nitrogens with zero attached hydrogens (tertiary/aromatic N) is 1. The molecule has 0 aliphatic rings. The highest BCUT2D eigenvalue weighted by Gasteiger charge is 2.15. The molecule has 6 heteroatoms. The Morgan fingerprint density at radius 2 is 2.31 bits per heavy atom. The highest BCUT2D eigenvalue weighted by molar-refractivity contribution is 5.75. The van der Waals surface area contributed by atoms with Gasteiger partial charge in [0.25, 0.3) is 5.69 Å². The van der Waals surface area contributed by atoms with Gasteiger partial charge in [-0.3, -0.25) is 14.9 Å². The van der Waals surface area contributed by atoms with E-state index in [9.17, 15) is 14.9 Å². The van der Waals surface area contributed by atoms with Crippen LogP contribution in [0.5, 0.6) is 0 Å². The van der Waals surface area contributed by atoms with Gasteiger partial charge in [-0.1, -0.05) is 12.1 Å². The molecule has 0 bridgehead atoms. The summed E-state index contributed by atoms with van der Waals surface area (Å²) < 4.78 is 4.46. The molecule has 0 aromatic heterocycles. The SMILES string of the molecule is COC(=O)C(N)Cc1cccc([N+](=O)[O-])c1. The Balaban J connectivity index is 2.78. The first-order valence-electron chi connectivity index (χ1n) is 4.61. The van der Waals surface area contributed by atoms with E-state index in [1.165, 1.54) is 19.2 Å². The summed E-state index contributed by atoms with van der Waals surface area (Å²) in [6.45, 7) is 0. The number of benzene rings is 1. The lowest BCUT2D eigenvalue weighted by molar-refractivity contribution is -0.384. The summed E-state index contributed by atoms with van der Waals surface area (Å²) in [6.07, 6.45) is 0.217. The minimum atomic E-state index is -0.799. The summed E-state index contributed by atoms with van der Waals surface area (Å²) in [4.78, 5) is 21.1. The fourth-order valence-corrected chi connectivity index (χ4v) is 1.29. The predicted octanol–water partition coefficient (Wildman–Crippen LogP) is 0.638. The third-order valence-corrected chi connectivity index (χ3v) is 2.08. The van der Waals surface area contributed by atoms with Gasteiger partial charge in [0.15, 0.2) is 0 Å². The maximum atomic E-state index is 11.1. The summed E-state index contributed by atoms with van der Waals surface area (Å²) in [5.74, 6) is -0.536. The van der Waals surface area contributed by atoms with Crippen LogP contribution in [0.3, 0.4) is 0 Å². The van der Waals surface area contributed by atoms with E-state index in [0.717, 1.165) is 0 Å². The number of nitro benzene ring substituents is 1. The smallest absolute Gasteiger partial charge is 0.322 e. The van der Waals surface area contributed by atoms with Crippen LogP contribution in [0.15, 0.2) is 24.3 Å². The second kappa shape index (κ2) is 5.22. The molecule has 0 aliphatic carbocycles. The number of nitro groups is 1. The van der Waals surface area contributed by atoms with Crippen LogP contribution in [0.2, 0.25) is 0 Å². The number of esters is 1. The van der Waals surface area contributed by atoms with Crippen LogP contribution in [0.4, 0.5) is 5.69 Å². The Kier molecular flexibility index (Phi) is 3.96. The maximum absolute atomic E-state index is 11.1. The van der Waals surface area contributed by atoms with Crippen molar-refractivity contribution in [2.45, 2.75) is 12.5 Å². The van der Waals surface area contributed by atoms with Gasteiger partial charge in [-0.2, -0.15) is 0 Å². The molecular formula is C10H12N2O4. The third kappa shape index (κ3) is 3.03. The Morgan fingerprint density at radius 3 is 2.88 bits per heavy atom. The molecule has 1 aromatic carbocycles. The number of non-ortho nitro benzene ring substituents is 1. The highest BCUT2D eigenvalue weighted by Crippen LogP contribution is 2.14. The molecule has 0 spiro atoms. The van der Waals surface area contributed by atoms with E-state index in [4.69, 9.17) is 5.73 Å². The van der Waals surface area contributed by atoms with Gasteiger partial charge in [-0.05, 0) is 12.0 Å². The molecule has 1 rings (SSSR count). The molecule has 0 heterocycles. The number of carbonyl (C=O) groups is 1. The Hall–Kier alpha value is -1.95. The standard InChI is InChI=1S/C10H12N2O4/c1-16-10(13)9(11)6-7-3-2-4-8(5-7)12(14)15/h2-5,9H,6,11H2,1H3. The third-order valence-electron chi connectivity index (χ3n) is 2.08. The monoisotopic (exact) mass is 224 g/mol. The molecule has 0 amide bonds. The van der Waals surface area contributed by atoms with Gasteiger partial charge in [-0.25, -0.2) is 0 Å². The molecule has 1 atom stereocenters. The lowest BCUT2D eigenvalue weighted by Gasteiger charge is -2.08. The fraction of sp³-hybridized carbons (Fsp3) is 0.300. The summed E-state index contributed by atoms with van der Waals surface area (Å²) in [5, 5.41) is 10.5. The summed E-state index contributed by atoms with van der Waals surface area (Å²) >= 11 is 0. The van der Waals surface area contributed by atoms with Crippen LogP contribution in [0.25, 0.3) is 0 Å². The number of carbonyl (C=O) groups excluding carboxylic acids is 1. The number of rotatable bonds is 4. The first kappa shape index (κ1) is 12.1. The average molecular weight is 224 g/mol. The summed E-state index contributed by atoms with van der Waals surface area (Å²) in [7, 11) is 1.25. The molecule has 16 heavy (non-hydrogen) atoms. The maximum Gasteiger partial charge on any atom is 0.322 e. The van der Waals surface area contributed by atoms with Crippen LogP contribution in [0.1, 0.15) is 5.56 Å². The van der Waals surface area contributed by atoms with Crippen molar-refractivity contribution >= 4 is 11.7 Å². The molecule has 0 saturated heterocycles. The van der Waals surface area contributed by atoms with Crippen molar-refractivity contribution in [3.63, 3.8) is 0 Å². The van der Waals surface area contributed by atoms with Crippen molar-refractivity contribution in [1.82, 2.24) is 0 Å². The zero-order chi connectivity index (χ0) is 12.1. The van der Waals surface area contributed by atoms with Crippen molar-refractivity contribution in [3.8, 4) is 0 Å². The number of methoxy groups -OCH3 is 1. The lowest BCUT2D eigenvalue weighted by atomic mass is 10.1. The van der Waals surface area contributed by atoms with E-state index in [2.05, 4.69) is 4.74 Å². The Morgan fingerprint density at radius 1 is 1.62 bits per heavy atom. The molecule has 1 unspecified atom stereocenters. The van der Waals surface area contributed by atoms with E-state index in [1.807, 2.05) is 0 Å². The van der Waals surface area contributed by atoms with Crippen LogP contribution >= 0.6 is 0 Å². The molecule has 1 aromatic rings. The average Bonchev–Trinajstić information content (AvgIpc) is 2.28. The minimum Gasteiger partial charge on any atom is -0.468 e. The molecule has 0 fully saturated rings. The van der Waals surface area contributed by atoms with E-state index in [1.54, 1.807) is 12.1 Å². The Bertz CT molecular complexity index is 406. The second-order valence-electron chi connectivity index (χ2n) is 3.26. The molecule has 86 valence electrons. The van der Waals surface area contributed by atoms with E-state index >= 15 is 0 Å². The summed E-state index contributed by atoms with van der Waals surface area (Å²) in [6, 6.07) is 5.20. The quantitative estimate of drug-likeness (QED) is 0.460. The number of nitrogens with two attached hydrogens (primary N) is 1. The largest absolute Gasteiger partial charge is 0.468 e. The lowest BCUT2D eigenvalue weighted by Crippen LogP contribution is -2.33. The first-order valence-corrected chi connectivity index (χ1v) is 4.61. The van der Waals surface area contributed by atoms with Crippen LogP contribution in [-0.4, -0.2) is 24.0 Å². The van der Waals surface area contributed by atoms with Gasteiger partial charge in [0.2, 0.25) is 0 Å². The molecule has 0 aliphatic heterocycles. The zero-order valence-corrected chi connectivity index (χ0v) is 8.75. The van der Waals surface area contributed by atoms with Gasteiger partial charge in [0.05, 0.1) is 12.0 Å². The van der Waals surface area contributed by atoms with E-state index in [0.29, 0.717) is 5.56 Å². The van der Waals surface area contributed by atoms with E-state index < -0.39 is 16.9 Å². The highest BCUT2D eigenvalue weighted by atomic mass is 16.6. The van der Waals surface area contributed by atoms with Gasteiger partial charge in [0, 0.05) is 12.1 Å². The first-order chi connectivity index (χ1) is 7.54. The molecular weight excluding hydrogens is 212 g/mol. The summed E-state index contributed by atoms with van der Waals surface area (Å²) in [5.41, 5.74) is 6.15. The van der Waals surface area contributed by atoms with Gasteiger partial charge in [-0.15, -0.1) is 0 Å². The number of hydrogen-bond acceptors (Lipinski definition) is 5. The molecule has 6 nitrogen and oxygen atoms in total. The van der Waals surface area contributed by atoms with Crippen molar-refractivity contribution in [2.24, 2.45) is 5.73 Å². The van der Waals surface area contributed by atoms with Crippen LogP contribution in [-0.2, 0) is 16.0 Å². The van der Waals surface area contributed by atoms with Crippen molar-refractivity contribution in [2.75, 3.05) is 7.11 Å². The predicted molar refractivity (Wildman–Crippen MR) is 56.8 cm³/mol. The zero-order valence-electron chi connectivity index (χ0n) is 8.75. The van der Waals surface area contributed by atoms with Crippen LogP contribution in [0, 0.1) is 10.1 Å². The molecule has 0 saturated carbocycles.